The van der Waals surface area contributed by atoms with Gasteiger partial charge in [-0.05, 0) is 37.5 Å². The number of halogens is 1. The van der Waals surface area contributed by atoms with Gasteiger partial charge in [-0.25, -0.2) is 0 Å². The van der Waals surface area contributed by atoms with Crippen LogP contribution in [0, 0.1) is 5.92 Å². The molecule has 120 valence electrons. The number of nitrogens with two attached hydrogens (primary N) is 1. The summed E-state index contributed by atoms with van der Waals surface area (Å²) in [4.78, 5) is 12.1. The van der Waals surface area contributed by atoms with Crippen molar-refractivity contribution in [2.24, 2.45) is 11.7 Å². The van der Waals surface area contributed by atoms with Gasteiger partial charge >= 0.3 is 0 Å². The summed E-state index contributed by atoms with van der Waals surface area (Å²) >= 11 is 0. The van der Waals surface area contributed by atoms with Gasteiger partial charge in [-0.15, -0.1) is 12.4 Å². The van der Waals surface area contributed by atoms with Gasteiger partial charge in [-0.1, -0.05) is 26.0 Å². The van der Waals surface area contributed by atoms with Crippen LogP contribution in [0.25, 0.3) is 0 Å². The molecule has 1 aromatic carbocycles. The molecule has 0 aliphatic carbocycles. The molecular weight excluding hydrogens is 288 g/mol. The molecule has 1 aromatic rings. The average Bonchev–Trinajstić information content (AvgIpc) is 2.42. The van der Waals surface area contributed by atoms with Gasteiger partial charge in [-0.3, -0.25) is 4.79 Å². The fourth-order valence-electron chi connectivity index (χ4n) is 1.77. The molecule has 21 heavy (non-hydrogen) atoms. The molecule has 0 heterocycles. The molecule has 5 heteroatoms. The Bertz CT molecular complexity index is 430. The SMILES string of the molecule is CC(C)COc1ccc(C(C)(C)C(=O)NCCN)cc1.Cl. The molecule has 0 saturated carbocycles. The van der Waals surface area contributed by atoms with Crippen LogP contribution in [-0.4, -0.2) is 25.6 Å². The molecule has 0 saturated heterocycles. The Morgan fingerprint density at radius 2 is 1.86 bits per heavy atom. The van der Waals surface area contributed by atoms with Crippen LogP contribution in [0.4, 0.5) is 0 Å². The highest BCUT2D eigenvalue weighted by atomic mass is 35.5. The van der Waals surface area contributed by atoms with Gasteiger partial charge in [-0.2, -0.15) is 0 Å². The predicted molar refractivity (Wildman–Crippen MR) is 89.1 cm³/mol. The van der Waals surface area contributed by atoms with E-state index in [9.17, 15) is 4.79 Å². The van der Waals surface area contributed by atoms with Crippen LogP contribution in [-0.2, 0) is 10.2 Å². The van der Waals surface area contributed by atoms with Crippen molar-refractivity contribution >= 4 is 18.3 Å². The maximum Gasteiger partial charge on any atom is 0.230 e. The van der Waals surface area contributed by atoms with Gasteiger partial charge in [0.25, 0.3) is 0 Å². The number of carbonyl (C=O) groups excluding carboxylic acids is 1. The lowest BCUT2D eigenvalue weighted by Gasteiger charge is -2.24. The minimum absolute atomic E-state index is 0. The highest BCUT2D eigenvalue weighted by Gasteiger charge is 2.29. The average molecular weight is 315 g/mol. The van der Waals surface area contributed by atoms with E-state index in [4.69, 9.17) is 10.5 Å². The lowest BCUT2D eigenvalue weighted by atomic mass is 9.83. The largest absolute Gasteiger partial charge is 0.493 e. The first-order valence-electron chi connectivity index (χ1n) is 7.09. The van der Waals surface area contributed by atoms with E-state index in [1.807, 2.05) is 38.1 Å². The Balaban J connectivity index is 0.00000400. The highest BCUT2D eigenvalue weighted by molar-refractivity contribution is 5.87. The topological polar surface area (TPSA) is 64.3 Å². The molecule has 0 spiro atoms. The van der Waals surface area contributed by atoms with E-state index in [1.54, 1.807) is 0 Å². The molecule has 1 rings (SSSR count). The lowest BCUT2D eigenvalue weighted by Crippen LogP contribution is -2.42. The van der Waals surface area contributed by atoms with Crippen LogP contribution in [0.5, 0.6) is 5.75 Å². The van der Waals surface area contributed by atoms with Gasteiger partial charge in [0.2, 0.25) is 5.91 Å². The van der Waals surface area contributed by atoms with Crippen molar-refractivity contribution in [2.45, 2.75) is 33.1 Å². The summed E-state index contributed by atoms with van der Waals surface area (Å²) < 4.78 is 5.64. The fraction of sp³-hybridized carbons (Fsp3) is 0.562. The van der Waals surface area contributed by atoms with E-state index in [2.05, 4.69) is 19.2 Å². The number of ether oxygens (including phenoxy) is 1. The van der Waals surface area contributed by atoms with Crippen molar-refractivity contribution in [3.8, 4) is 5.75 Å². The van der Waals surface area contributed by atoms with Crippen LogP contribution < -0.4 is 15.8 Å². The highest BCUT2D eigenvalue weighted by Crippen LogP contribution is 2.25. The zero-order valence-corrected chi connectivity index (χ0v) is 14.1. The number of nitrogens with one attached hydrogen (secondary N) is 1. The number of benzene rings is 1. The second kappa shape index (κ2) is 8.90. The molecule has 0 aliphatic heterocycles. The molecule has 0 unspecified atom stereocenters. The fourth-order valence-corrected chi connectivity index (χ4v) is 1.77. The first-order chi connectivity index (χ1) is 9.37. The van der Waals surface area contributed by atoms with E-state index >= 15 is 0 Å². The van der Waals surface area contributed by atoms with Crippen LogP contribution in [0.3, 0.4) is 0 Å². The smallest absolute Gasteiger partial charge is 0.230 e. The summed E-state index contributed by atoms with van der Waals surface area (Å²) in [7, 11) is 0. The van der Waals surface area contributed by atoms with Crippen molar-refractivity contribution in [3.63, 3.8) is 0 Å². The molecule has 0 radical (unpaired) electrons. The minimum atomic E-state index is -0.578. The Morgan fingerprint density at radius 1 is 1.29 bits per heavy atom. The summed E-state index contributed by atoms with van der Waals surface area (Å²) in [6.45, 7) is 9.67. The van der Waals surface area contributed by atoms with Crippen molar-refractivity contribution < 1.29 is 9.53 Å². The summed E-state index contributed by atoms with van der Waals surface area (Å²) in [5, 5.41) is 2.83. The summed E-state index contributed by atoms with van der Waals surface area (Å²) in [5.41, 5.74) is 5.79. The van der Waals surface area contributed by atoms with Crippen LogP contribution >= 0.6 is 12.4 Å². The first kappa shape index (κ1) is 19.7. The number of hydrogen-bond donors (Lipinski definition) is 2. The lowest BCUT2D eigenvalue weighted by molar-refractivity contribution is -0.125. The molecule has 1 amide bonds. The number of amides is 1. The van der Waals surface area contributed by atoms with Crippen LogP contribution in [0.2, 0.25) is 0 Å². The third-order valence-corrected chi connectivity index (χ3v) is 3.16. The maximum absolute atomic E-state index is 12.1. The Morgan fingerprint density at radius 3 is 2.33 bits per heavy atom. The van der Waals surface area contributed by atoms with Gasteiger partial charge < -0.3 is 15.8 Å². The number of rotatable bonds is 7. The summed E-state index contributed by atoms with van der Waals surface area (Å²) in [6, 6.07) is 7.71. The van der Waals surface area contributed by atoms with E-state index in [1.165, 1.54) is 0 Å². The normalized spacial score (nSPS) is 11.0. The standard InChI is InChI=1S/C16H26N2O2.ClH/c1-12(2)11-20-14-7-5-13(6-8-14)16(3,4)15(19)18-10-9-17;/h5-8,12H,9-11,17H2,1-4H3,(H,18,19);1H. The quantitative estimate of drug-likeness (QED) is 0.812. The summed E-state index contributed by atoms with van der Waals surface area (Å²) in [6.07, 6.45) is 0. The van der Waals surface area contributed by atoms with Gasteiger partial charge in [0, 0.05) is 13.1 Å². The van der Waals surface area contributed by atoms with Crippen molar-refractivity contribution in [1.82, 2.24) is 5.32 Å². The summed E-state index contributed by atoms with van der Waals surface area (Å²) in [5.74, 6) is 1.31. The third kappa shape index (κ3) is 5.94. The number of carbonyl (C=O) groups is 1. The van der Waals surface area contributed by atoms with E-state index in [-0.39, 0.29) is 18.3 Å². The van der Waals surface area contributed by atoms with E-state index in [0.29, 0.717) is 25.6 Å². The maximum atomic E-state index is 12.1. The van der Waals surface area contributed by atoms with E-state index < -0.39 is 5.41 Å². The first-order valence-corrected chi connectivity index (χ1v) is 7.09. The van der Waals surface area contributed by atoms with Gasteiger partial charge in [0.05, 0.1) is 12.0 Å². The van der Waals surface area contributed by atoms with Gasteiger partial charge in [0.1, 0.15) is 5.75 Å². The molecule has 3 N–H and O–H groups in total. The Labute approximate surface area is 133 Å². The molecule has 0 aromatic heterocycles. The molecule has 0 aliphatic rings. The molecule has 0 atom stereocenters. The molecule has 0 fully saturated rings. The zero-order valence-electron chi connectivity index (χ0n) is 13.3. The van der Waals surface area contributed by atoms with Crippen LogP contribution in [0.1, 0.15) is 33.3 Å². The number of hydrogen-bond acceptors (Lipinski definition) is 3. The molecule has 4 nitrogen and oxygen atoms in total. The van der Waals surface area contributed by atoms with Crippen molar-refractivity contribution in [3.05, 3.63) is 29.8 Å². The third-order valence-electron chi connectivity index (χ3n) is 3.16. The monoisotopic (exact) mass is 314 g/mol. The van der Waals surface area contributed by atoms with Crippen molar-refractivity contribution in [1.29, 1.82) is 0 Å². The van der Waals surface area contributed by atoms with Gasteiger partial charge in [0.15, 0.2) is 0 Å². The van der Waals surface area contributed by atoms with E-state index in [0.717, 1.165) is 11.3 Å². The Hall–Kier alpha value is -1.26. The minimum Gasteiger partial charge on any atom is -0.493 e. The Kier molecular flexibility index (Phi) is 8.37. The van der Waals surface area contributed by atoms with Crippen molar-refractivity contribution in [2.75, 3.05) is 19.7 Å². The predicted octanol–water partition coefficient (Wildman–Crippen LogP) is 2.50. The second-order valence-corrected chi connectivity index (χ2v) is 5.90. The molecule has 0 bridgehead atoms. The van der Waals surface area contributed by atoms with Crippen LogP contribution in [0.15, 0.2) is 24.3 Å². The second-order valence-electron chi connectivity index (χ2n) is 5.90. The zero-order chi connectivity index (χ0) is 15.2. The molecular formula is C16H27ClN2O2.